The molecule has 0 saturated carbocycles. The van der Waals surface area contributed by atoms with Crippen molar-refractivity contribution in [2.75, 3.05) is 47.4 Å². The summed E-state index contributed by atoms with van der Waals surface area (Å²) in [4.78, 5) is 5.75. The standard InChI is InChI=1S/C18H29F3N4O2.HI/c1-5-22-17(23-9-6-10-25(2)13-18(19,20)21)24-12-14-7-8-15(26-3)16(11-14)27-4;/h7-8,11H,5-6,9-10,12-13H2,1-4H3,(H2,22,23,24);1H. The third-order valence-electron chi connectivity index (χ3n) is 3.67. The minimum Gasteiger partial charge on any atom is -0.493 e. The zero-order valence-electron chi connectivity index (χ0n) is 16.7. The van der Waals surface area contributed by atoms with Crippen LogP contribution in [0.4, 0.5) is 13.2 Å². The third kappa shape index (κ3) is 10.8. The Morgan fingerprint density at radius 1 is 1.14 bits per heavy atom. The van der Waals surface area contributed by atoms with Crippen molar-refractivity contribution in [1.82, 2.24) is 15.5 Å². The van der Waals surface area contributed by atoms with E-state index in [2.05, 4.69) is 15.6 Å². The van der Waals surface area contributed by atoms with E-state index in [4.69, 9.17) is 9.47 Å². The summed E-state index contributed by atoms with van der Waals surface area (Å²) in [6.07, 6.45) is -3.59. The fourth-order valence-electron chi connectivity index (χ4n) is 2.43. The molecule has 0 aromatic heterocycles. The Morgan fingerprint density at radius 2 is 1.82 bits per heavy atom. The van der Waals surface area contributed by atoms with Gasteiger partial charge < -0.3 is 20.1 Å². The average Bonchev–Trinajstić information content (AvgIpc) is 2.61. The molecule has 0 atom stereocenters. The van der Waals surface area contributed by atoms with E-state index < -0.39 is 12.7 Å². The molecule has 2 N–H and O–H groups in total. The van der Waals surface area contributed by atoms with Crippen molar-refractivity contribution in [3.8, 4) is 11.5 Å². The Bertz CT molecular complexity index is 601. The first-order valence-corrected chi connectivity index (χ1v) is 8.77. The van der Waals surface area contributed by atoms with Gasteiger partial charge in [0.25, 0.3) is 0 Å². The van der Waals surface area contributed by atoms with Gasteiger partial charge in [-0.15, -0.1) is 24.0 Å². The first-order chi connectivity index (χ1) is 12.8. The van der Waals surface area contributed by atoms with Crippen LogP contribution in [0, 0.1) is 0 Å². The second-order valence-electron chi connectivity index (χ2n) is 6.02. The van der Waals surface area contributed by atoms with E-state index in [0.29, 0.717) is 50.1 Å². The summed E-state index contributed by atoms with van der Waals surface area (Å²) in [6, 6.07) is 5.58. The summed E-state index contributed by atoms with van der Waals surface area (Å²) >= 11 is 0. The van der Waals surface area contributed by atoms with Crippen molar-refractivity contribution < 1.29 is 22.6 Å². The van der Waals surface area contributed by atoms with Gasteiger partial charge in [-0.1, -0.05) is 6.07 Å². The van der Waals surface area contributed by atoms with Crippen molar-refractivity contribution in [3.63, 3.8) is 0 Å². The SMILES string of the molecule is CCNC(=NCc1ccc(OC)c(OC)c1)NCCCN(C)CC(F)(F)F.I. The number of benzene rings is 1. The third-order valence-corrected chi connectivity index (χ3v) is 3.67. The molecule has 0 amide bonds. The topological polar surface area (TPSA) is 58.1 Å². The zero-order valence-corrected chi connectivity index (χ0v) is 19.1. The molecule has 0 bridgehead atoms. The van der Waals surface area contributed by atoms with E-state index in [0.717, 1.165) is 5.56 Å². The highest BCUT2D eigenvalue weighted by molar-refractivity contribution is 14.0. The van der Waals surface area contributed by atoms with Gasteiger partial charge in [-0.05, 0) is 44.6 Å². The number of ether oxygens (including phenoxy) is 2. The predicted octanol–water partition coefficient (Wildman–Crippen LogP) is 3.26. The van der Waals surface area contributed by atoms with Gasteiger partial charge in [-0.2, -0.15) is 13.2 Å². The fourth-order valence-corrected chi connectivity index (χ4v) is 2.43. The molecule has 1 rings (SSSR count). The molecule has 28 heavy (non-hydrogen) atoms. The largest absolute Gasteiger partial charge is 0.493 e. The smallest absolute Gasteiger partial charge is 0.401 e. The molecule has 0 aliphatic heterocycles. The van der Waals surface area contributed by atoms with Crippen LogP contribution in [0.15, 0.2) is 23.2 Å². The van der Waals surface area contributed by atoms with Crippen LogP contribution in [0.25, 0.3) is 0 Å². The van der Waals surface area contributed by atoms with E-state index in [9.17, 15) is 13.2 Å². The number of rotatable bonds is 10. The Labute approximate surface area is 181 Å². The maximum Gasteiger partial charge on any atom is 0.401 e. The molecule has 0 radical (unpaired) electrons. The van der Waals surface area contributed by atoms with Crippen LogP contribution in [0.5, 0.6) is 11.5 Å². The van der Waals surface area contributed by atoms with Crippen molar-refractivity contribution in [1.29, 1.82) is 0 Å². The second-order valence-corrected chi connectivity index (χ2v) is 6.02. The van der Waals surface area contributed by atoms with Crippen LogP contribution in [0.3, 0.4) is 0 Å². The predicted molar refractivity (Wildman–Crippen MR) is 116 cm³/mol. The van der Waals surface area contributed by atoms with Gasteiger partial charge in [-0.25, -0.2) is 4.99 Å². The van der Waals surface area contributed by atoms with Crippen molar-refractivity contribution >= 4 is 29.9 Å². The number of aliphatic imine (C=N–C) groups is 1. The first-order valence-electron chi connectivity index (χ1n) is 8.77. The molecule has 6 nitrogen and oxygen atoms in total. The summed E-state index contributed by atoms with van der Waals surface area (Å²) in [5, 5.41) is 6.26. The van der Waals surface area contributed by atoms with E-state index in [1.54, 1.807) is 14.2 Å². The van der Waals surface area contributed by atoms with E-state index >= 15 is 0 Å². The minimum atomic E-state index is -4.17. The molecule has 0 aliphatic carbocycles. The molecule has 0 unspecified atom stereocenters. The number of guanidine groups is 1. The van der Waals surface area contributed by atoms with Gasteiger partial charge in [0.1, 0.15) is 0 Å². The number of alkyl halides is 3. The Morgan fingerprint density at radius 3 is 2.39 bits per heavy atom. The Kier molecular flexibility index (Phi) is 13.0. The summed E-state index contributed by atoms with van der Waals surface area (Å²) in [5.41, 5.74) is 0.953. The van der Waals surface area contributed by atoms with Gasteiger partial charge in [0.15, 0.2) is 17.5 Å². The highest BCUT2D eigenvalue weighted by Gasteiger charge is 2.28. The van der Waals surface area contributed by atoms with Gasteiger partial charge in [0, 0.05) is 13.1 Å². The second kappa shape index (κ2) is 13.7. The average molecular weight is 518 g/mol. The van der Waals surface area contributed by atoms with Gasteiger partial charge >= 0.3 is 6.18 Å². The molecule has 1 aromatic carbocycles. The molecular weight excluding hydrogens is 488 g/mol. The number of methoxy groups -OCH3 is 2. The first kappa shape index (κ1) is 26.6. The van der Waals surface area contributed by atoms with E-state index in [1.807, 2.05) is 25.1 Å². The molecule has 0 spiro atoms. The normalized spacial score (nSPS) is 11.8. The monoisotopic (exact) mass is 518 g/mol. The molecule has 10 heteroatoms. The summed E-state index contributed by atoms with van der Waals surface area (Å²) in [6.45, 7) is 3.04. The van der Waals surface area contributed by atoms with E-state index in [-0.39, 0.29) is 24.0 Å². The fraction of sp³-hybridized carbons (Fsp3) is 0.611. The van der Waals surface area contributed by atoms with Crippen LogP contribution in [-0.4, -0.2) is 64.5 Å². The lowest BCUT2D eigenvalue weighted by Crippen LogP contribution is -2.39. The number of halogens is 4. The quantitative estimate of drug-likeness (QED) is 0.216. The Balaban J connectivity index is 0.00000729. The maximum absolute atomic E-state index is 12.3. The van der Waals surface area contributed by atoms with Gasteiger partial charge in [-0.3, -0.25) is 4.90 Å². The van der Waals surface area contributed by atoms with Crippen LogP contribution in [-0.2, 0) is 6.54 Å². The molecule has 0 aliphatic rings. The van der Waals surface area contributed by atoms with Crippen molar-refractivity contribution in [3.05, 3.63) is 23.8 Å². The lowest BCUT2D eigenvalue weighted by molar-refractivity contribution is -0.143. The minimum absolute atomic E-state index is 0. The lowest BCUT2D eigenvalue weighted by Gasteiger charge is -2.19. The zero-order chi connectivity index (χ0) is 20.3. The van der Waals surface area contributed by atoms with Gasteiger partial charge in [0.2, 0.25) is 0 Å². The molecule has 0 heterocycles. The maximum atomic E-state index is 12.3. The van der Waals surface area contributed by atoms with Crippen LogP contribution in [0.1, 0.15) is 18.9 Å². The highest BCUT2D eigenvalue weighted by atomic mass is 127. The van der Waals surface area contributed by atoms with Crippen LogP contribution in [0.2, 0.25) is 0 Å². The summed E-state index contributed by atoms with van der Waals surface area (Å²) < 4.78 is 47.4. The van der Waals surface area contributed by atoms with E-state index in [1.165, 1.54) is 11.9 Å². The van der Waals surface area contributed by atoms with Crippen LogP contribution >= 0.6 is 24.0 Å². The number of hydrogen-bond donors (Lipinski definition) is 2. The Hall–Kier alpha value is -1.43. The number of nitrogens with zero attached hydrogens (tertiary/aromatic N) is 2. The number of nitrogens with one attached hydrogen (secondary N) is 2. The molecule has 162 valence electrons. The summed E-state index contributed by atoms with van der Waals surface area (Å²) in [5.74, 6) is 1.90. The van der Waals surface area contributed by atoms with Gasteiger partial charge in [0.05, 0.1) is 27.3 Å². The number of hydrogen-bond acceptors (Lipinski definition) is 4. The van der Waals surface area contributed by atoms with Crippen molar-refractivity contribution in [2.24, 2.45) is 4.99 Å². The van der Waals surface area contributed by atoms with Crippen LogP contribution < -0.4 is 20.1 Å². The lowest BCUT2D eigenvalue weighted by atomic mass is 10.2. The molecule has 0 fully saturated rings. The highest BCUT2D eigenvalue weighted by Crippen LogP contribution is 2.27. The molecule has 1 aromatic rings. The molecule has 0 saturated heterocycles. The molecular formula is C18H30F3IN4O2. The van der Waals surface area contributed by atoms with Crippen molar-refractivity contribution in [2.45, 2.75) is 26.1 Å². The summed E-state index contributed by atoms with van der Waals surface area (Å²) in [7, 11) is 4.62.